The maximum atomic E-state index is 13.1. The van der Waals surface area contributed by atoms with Gasteiger partial charge in [-0.25, -0.2) is 9.97 Å². The molecule has 0 atom stereocenters. The molecule has 0 N–H and O–H groups in total. The first kappa shape index (κ1) is 25.2. The molecule has 37 heavy (non-hydrogen) atoms. The van der Waals surface area contributed by atoms with Gasteiger partial charge in [0.05, 0.1) is 0 Å². The lowest BCUT2D eigenvalue weighted by Crippen LogP contribution is -2.49. The van der Waals surface area contributed by atoms with Gasteiger partial charge in [0.25, 0.3) is 5.91 Å². The first-order valence-electron chi connectivity index (χ1n) is 12.7. The quantitative estimate of drug-likeness (QED) is 0.287. The van der Waals surface area contributed by atoms with Crippen LogP contribution in [0.4, 0.5) is 5.82 Å². The fourth-order valence-corrected chi connectivity index (χ4v) is 5.27. The minimum Gasteiger partial charge on any atom is -0.353 e. The van der Waals surface area contributed by atoms with Crippen LogP contribution in [0.3, 0.4) is 0 Å². The number of rotatable bonds is 5. The summed E-state index contributed by atoms with van der Waals surface area (Å²) in [7, 11) is 0. The van der Waals surface area contributed by atoms with Gasteiger partial charge in [-0.05, 0) is 50.1 Å². The SMILES string of the molecule is Cc1ccc(C)c(Cc2c(C)nc(-c3ccccc3)nc2N2CCN(C(=O)c3cccc(Br)c3)CC2)c1. The monoisotopic (exact) mass is 554 g/mol. The topological polar surface area (TPSA) is 49.3 Å². The van der Waals surface area contributed by atoms with Crippen molar-refractivity contribution in [1.82, 2.24) is 14.9 Å². The molecule has 1 aliphatic rings. The fraction of sp³-hybridized carbons (Fsp3) is 0.258. The van der Waals surface area contributed by atoms with E-state index in [1.807, 2.05) is 47.4 Å². The second-order valence-corrected chi connectivity index (χ2v) is 10.6. The third kappa shape index (κ3) is 5.59. The summed E-state index contributed by atoms with van der Waals surface area (Å²) < 4.78 is 0.915. The smallest absolute Gasteiger partial charge is 0.254 e. The molecule has 5 nitrogen and oxygen atoms in total. The highest BCUT2D eigenvalue weighted by Gasteiger charge is 2.26. The zero-order valence-electron chi connectivity index (χ0n) is 21.5. The Labute approximate surface area is 227 Å². The number of anilines is 1. The summed E-state index contributed by atoms with van der Waals surface area (Å²) in [6.45, 7) is 9.14. The maximum absolute atomic E-state index is 13.1. The van der Waals surface area contributed by atoms with E-state index < -0.39 is 0 Å². The molecule has 5 rings (SSSR count). The molecule has 1 amide bonds. The summed E-state index contributed by atoms with van der Waals surface area (Å²) >= 11 is 3.48. The van der Waals surface area contributed by atoms with Crippen LogP contribution >= 0.6 is 15.9 Å². The van der Waals surface area contributed by atoms with E-state index in [1.165, 1.54) is 16.7 Å². The minimum atomic E-state index is 0.0698. The van der Waals surface area contributed by atoms with Crippen LogP contribution in [0.25, 0.3) is 11.4 Å². The molecule has 0 bridgehead atoms. The number of carbonyl (C=O) groups excluding carboxylic acids is 1. The summed E-state index contributed by atoms with van der Waals surface area (Å²) in [6, 6.07) is 24.4. The molecule has 188 valence electrons. The summed E-state index contributed by atoms with van der Waals surface area (Å²) in [6.07, 6.45) is 0.779. The van der Waals surface area contributed by atoms with Crippen LogP contribution < -0.4 is 4.90 Å². The standard InChI is InChI=1S/C31H31BrN4O/c1-21-12-13-22(2)26(18-21)20-28-23(3)33-29(24-8-5-4-6-9-24)34-30(28)35-14-16-36(17-15-35)31(37)25-10-7-11-27(32)19-25/h4-13,18-19H,14-17,20H2,1-3H3. The Hall–Kier alpha value is -3.51. The zero-order valence-corrected chi connectivity index (χ0v) is 23.1. The maximum Gasteiger partial charge on any atom is 0.254 e. The lowest BCUT2D eigenvalue weighted by molar-refractivity contribution is 0.0746. The number of piperazine rings is 1. The largest absolute Gasteiger partial charge is 0.353 e. The van der Waals surface area contributed by atoms with Crippen molar-refractivity contribution in [3.8, 4) is 11.4 Å². The average Bonchev–Trinajstić information content (AvgIpc) is 2.92. The normalized spacial score (nSPS) is 13.6. The van der Waals surface area contributed by atoms with E-state index in [1.54, 1.807) is 0 Å². The first-order valence-corrected chi connectivity index (χ1v) is 13.5. The van der Waals surface area contributed by atoms with Crippen LogP contribution in [0.1, 0.15) is 38.3 Å². The van der Waals surface area contributed by atoms with Crippen LogP contribution in [-0.4, -0.2) is 47.0 Å². The Morgan fingerprint density at radius 2 is 1.62 bits per heavy atom. The lowest BCUT2D eigenvalue weighted by atomic mass is 9.97. The summed E-state index contributed by atoms with van der Waals surface area (Å²) in [5.41, 5.74) is 7.69. The number of halogens is 1. The molecule has 3 aromatic carbocycles. The Kier molecular flexibility index (Phi) is 7.38. The number of hydrogen-bond acceptors (Lipinski definition) is 4. The van der Waals surface area contributed by atoms with Gasteiger partial charge in [-0.1, -0.05) is 76.1 Å². The van der Waals surface area contributed by atoms with E-state index in [-0.39, 0.29) is 5.91 Å². The van der Waals surface area contributed by atoms with Crippen LogP contribution in [0.5, 0.6) is 0 Å². The number of aryl methyl sites for hydroxylation is 3. The molecule has 0 saturated carbocycles. The third-order valence-electron chi connectivity index (χ3n) is 7.03. The van der Waals surface area contributed by atoms with Gasteiger partial charge in [0.2, 0.25) is 0 Å². The number of hydrogen-bond donors (Lipinski definition) is 0. The van der Waals surface area contributed by atoms with Crippen LogP contribution in [-0.2, 0) is 6.42 Å². The molecule has 0 spiro atoms. The van der Waals surface area contributed by atoms with Gasteiger partial charge in [-0.3, -0.25) is 4.79 Å². The van der Waals surface area contributed by atoms with Gasteiger partial charge >= 0.3 is 0 Å². The van der Waals surface area contributed by atoms with Crippen molar-refractivity contribution >= 4 is 27.7 Å². The number of nitrogens with zero attached hydrogens (tertiary/aromatic N) is 4. The van der Waals surface area contributed by atoms with E-state index in [0.29, 0.717) is 18.7 Å². The molecule has 0 unspecified atom stereocenters. The van der Waals surface area contributed by atoms with Gasteiger partial charge in [0.15, 0.2) is 5.82 Å². The van der Waals surface area contributed by atoms with E-state index in [2.05, 4.69) is 71.9 Å². The van der Waals surface area contributed by atoms with Crippen molar-refractivity contribution in [2.75, 3.05) is 31.1 Å². The van der Waals surface area contributed by atoms with Crippen LogP contribution in [0.2, 0.25) is 0 Å². The van der Waals surface area contributed by atoms with Crippen molar-refractivity contribution in [2.24, 2.45) is 0 Å². The van der Waals surface area contributed by atoms with Crippen molar-refractivity contribution in [3.05, 3.63) is 111 Å². The number of carbonyl (C=O) groups is 1. The number of amides is 1. The van der Waals surface area contributed by atoms with E-state index >= 15 is 0 Å². The molecule has 2 heterocycles. The third-order valence-corrected chi connectivity index (χ3v) is 7.53. The molecular weight excluding hydrogens is 524 g/mol. The highest BCUT2D eigenvalue weighted by atomic mass is 79.9. The Morgan fingerprint density at radius 3 is 2.35 bits per heavy atom. The molecule has 1 aromatic heterocycles. The van der Waals surface area contributed by atoms with Crippen molar-refractivity contribution < 1.29 is 4.79 Å². The average molecular weight is 556 g/mol. The molecular formula is C31H31BrN4O. The van der Waals surface area contributed by atoms with E-state index in [0.717, 1.165) is 52.4 Å². The van der Waals surface area contributed by atoms with E-state index in [9.17, 15) is 4.79 Å². The highest BCUT2D eigenvalue weighted by Crippen LogP contribution is 2.29. The van der Waals surface area contributed by atoms with Crippen LogP contribution in [0, 0.1) is 20.8 Å². The second-order valence-electron chi connectivity index (χ2n) is 9.70. The molecule has 0 aliphatic carbocycles. The molecule has 1 saturated heterocycles. The first-order chi connectivity index (χ1) is 17.9. The molecule has 1 aliphatic heterocycles. The predicted octanol–water partition coefficient (Wildman–Crippen LogP) is 6.38. The fourth-order valence-electron chi connectivity index (χ4n) is 4.87. The summed E-state index contributed by atoms with van der Waals surface area (Å²) in [5, 5.41) is 0. The zero-order chi connectivity index (χ0) is 25.9. The van der Waals surface area contributed by atoms with Gasteiger partial charge in [0.1, 0.15) is 5.82 Å². The molecule has 4 aromatic rings. The number of aromatic nitrogens is 2. The molecule has 1 fully saturated rings. The van der Waals surface area contributed by atoms with Crippen molar-refractivity contribution in [1.29, 1.82) is 0 Å². The Bertz CT molecular complexity index is 1430. The summed E-state index contributed by atoms with van der Waals surface area (Å²) in [4.78, 5) is 27.4. The van der Waals surface area contributed by atoms with Crippen molar-refractivity contribution in [3.63, 3.8) is 0 Å². The van der Waals surface area contributed by atoms with Crippen molar-refractivity contribution in [2.45, 2.75) is 27.2 Å². The van der Waals surface area contributed by atoms with Crippen LogP contribution in [0.15, 0.2) is 77.3 Å². The second kappa shape index (κ2) is 10.9. The Balaban J connectivity index is 1.46. The minimum absolute atomic E-state index is 0.0698. The van der Waals surface area contributed by atoms with Gasteiger partial charge in [0, 0.05) is 59.5 Å². The predicted molar refractivity (Wildman–Crippen MR) is 153 cm³/mol. The molecule has 0 radical (unpaired) electrons. The number of benzene rings is 3. The highest BCUT2D eigenvalue weighted by molar-refractivity contribution is 9.10. The lowest BCUT2D eigenvalue weighted by Gasteiger charge is -2.36. The van der Waals surface area contributed by atoms with Gasteiger partial charge in [-0.2, -0.15) is 0 Å². The van der Waals surface area contributed by atoms with E-state index in [4.69, 9.17) is 9.97 Å². The molecule has 6 heteroatoms. The van der Waals surface area contributed by atoms with Gasteiger partial charge < -0.3 is 9.80 Å². The van der Waals surface area contributed by atoms with Gasteiger partial charge in [-0.15, -0.1) is 0 Å². The summed E-state index contributed by atoms with van der Waals surface area (Å²) in [5.74, 6) is 1.78. The Morgan fingerprint density at radius 1 is 0.865 bits per heavy atom.